The van der Waals surface area contributed by atoms with Crippen molar-refractivity contribution in [3.63, 3.8) is 0 Å². The number of fused-ring (bicyclic) bond motifs is 1. The van der Waals surface area contributed by atoms with Gasteiger partial charge in [0.1, 0.15) is 5.82 Å². The van der Waals surface area contributed by atoms with Gasteiger partial charge >= 0.3 is 0 Å². The summed E-state index contributed by atoms with van der Waals surface area (Å²) in [5.74, 6) is 0.728. The molecule has 0 aliphatic rings. The number of benzene rings is 2. The molecular formula is C21H17N9O. The highest BCUT2D eigenvalue weighted by molar-refractivity contribution is 5.93. The van der Waals surface area contributed by atoms with Gasteiger partial charge in [0.05, 0.1) is 11.9 Å². The molecule has 10 heteroatoms. The predicted molar refractivity (Wildman–Crippen MR) is 115 cm³/mol. The van der Waals surface area contributed by atoms with Crippen LogP contribution in [0.4, 0.5) is 11.6 Å². The highest BCUT2D eigenvalue weighted by Gasteiger charge is 2.12. The Labute approximate surface area is 176 Å². The maximum atomic E-state index is 11.5. The fraction of sp³-hybridized carbons (Fsp3) is 0.0476. The molecule has 5 rings (SSSR count). The lowest BCUT2D eigenvalue weighted by atomic mass is 10.2. The SMILES string of the molecule is Cn1ccnc1-c1cccc(Nc2ncc3nnn(-c4cccc(C(N)=O)c4)c3n2)c1. The lowest BCUT2D eigenvalue weighted by Gasteiger charge is -2.08. The highest BCUT2D eigenvalue weighted by Crippen LogP contribution is 2.23. The number of carbonyl (C=O) groups is 1. The number of carbonyl (C=O) groups excluding carboxylic acids is 1. The second kappa shape index (κ2) is 7.34. The molecule has 10 nitrogen and oxygen atoms in total. The van der Waals surface area contributed by atoms with Gasteiger partial charge in [0.15, 0.2) is 11.2 Å². The number of primary amides is 1. The van der Waals surface area contributed by atoms with Crippen molar-refractivity contribution in [1.29, 1.82) is 0 Å². The molecule has 0 aliphatic carbocycles. The standard InChI is InChI=1S/C21H17N9O/c1-29-9-8-23-19(29)14-5-2-6-15(10-14)25-21-24-12-17-20(26-21)30(28-27-17)16-7-3-4-13(11-16)18(22)31/h2-12H,1H3,(H2,22,31)(H,24,25,26). The molecule has 0 aliphatic heterocycles. The fourth-order valence-electron chi connectivity index (χ4n) is 3.26. The normalized spacial score (nSPS) is 11.0. The molecular weight excluding hydrogens is 394 g/mol. The highest BCUT2D eigenvalue weighted by atomic mass is 16.1. The molecule has 3 heterocycles. The summed E-state index contributed by atoms with van der Waals surface area (Å²) in [4.78, 5) is 24.8. The van der Waals surface area contributed by atoms with Crippen LogP contribution < -0.4 is 11.1 Å². The van der Waals surface area contributed by atoms with Gasteiger partial charge in [-0.2, -0.15) is 9.67 Å². The maximum absolute atomic E-state index is 11.5. The van der Waals surface area contributed by atoms with Crippen molar-refractivity contribution in [2.45, 2.75) is 0 Å². The van der Waals surface area contributed by atoms with Gasteiger partial charge < -0.3 is 15.6 Å². The summed E-state index contributed by atoms with van der Waals surface area (Å²) in [5.41, 5.74) is 9.19. The minimum absolute atomic E-state index is 0.375. The molecule has 152 valence electrons. The van der Waals surface area contributed by atoms with Crippen LogP contribution in [0.25, 0.3) is 28.2 Å². The van der Waals surface area contributed by atoms with E-state index < -0.39 is 5.91 Å². The van der Waals surface area contributed by atoms with E-state index in [1.54, 1.807) is 41.3 Å². The van der Waals surface area contributed by atoms with Crippen molar-refractivity contribution in [3.05, 3.63) is 72.7 Å². The van der Waals surface area contributed by atoms with E-state index >= 15 is 0 Å². The molecule has 0 radical (unpaired) electrons. The molecule has 0 bridgehead atoms. The second-order valence-corrected chi connectivity index (χ2v) is 6.89. The molecule has 31 heavy (non-hydrogen) atoms. The topological polar surface area (TPSA) is 129 Å². The van der Waals surface area contributed by atoms with Gasteiger partial charge in [-0.3, -0.25) is 4.79 Å². The number of imidazole rings is 1. The Kier molecular flexibility index (Phi) is 4.36. The van der Waals surface area contributed by atoms with Crippen molar-refractivity contribution in [2.75, 3.05) is 5.32 Å². The Morgan fingerprint density at radius 1 is 1.10 bits per heavy atom. The number of amides is 1. The number of nitrogens with zero attached hydrogens (tertiary/aromatic N) is 7. The zero-order valence-electron chi connectivity index (χ0n) is 16.5. The summed E-state index contributed by atoms with van der Waals surface area (Å²) in [6.45, 7) is 0. The summed E-state index contributed by atoms with van der Waals surface area (Å²) in [6, 6.07) is 14.6. The number of nitrogens with one attached hydrogen (secondary N) is 1. The number of anilines is 2. The largest absolute Gasteiger partial charge is 0.366 e. The second-order valence-electron chi connectivity index (χ2n) is 6.89. The van der Waals surface area contributed by atoms with Crippen LogP contribution in [0.15, 0.2) is 67.1 Å². The number of aromatic nitrogens is 7. The third-order valence-corrected chi connectivity index (χ3v) is 4.77. The lowest BCUT2D eigenvalue weighted by molar-refractivity contribution is 0.1000. The minimum atomic E-state index is -0.518. The average Bonchev–Trinajstić information content (AvgIpc) is 3.40. The Morgan fingerprint density at radius 3 is 2.77 bits per heavy atom. The Bertz CT molecular complexity index is 1420. The third kappa shape index (κ3) is 3.46. The fourth-order valence-corrected chi connectivity index (χ4v) is 3.26. The summed E-state index contributed by atoms with van der Waals surface area (Å²) in [7, 11) is 1.95. The Hall–Kier alpha value is -4.60. The van der Waals surface area contributed by atoms with Gasteiger partial charge in [0, 0.05) is 36.3 Å². The van der Waals surface area contributed by atoms with Crippen LogP contribution in [-0.2, 0) is 7.05 Å². The van der Waals surface area contributed by atoms with E-state index in [4.69, 9.17) is 5.73 Å². The molecule has 1 amide bonds. The number of hydrogen-bond donors (Lipinski definition) is 2. The first-order valence-electron chi connectivity index (χ1n) is 9.42. The Morgan fingerprint density at radius 2 is 1.97 bits per heavy atom. The van der Waals surface area contributed by atoms with Crippen LogP contribution in [-0.4, -0.2) is 40.4 Å². The quantitative estimate of drug-likeness (QED) is 0.454. The first kappa shape index (κ1) is 18.4. The molecule has 3 N–H and O–H groups in total. The number of hydrogen-bond acceptors (Lipinski definition) is 7. The molecule has 0 saturated heterocycles. The molecule has 5 aromatic rings. The summed E-state index contributed by atoms with van der Waals surface area (Å²) >= 11 is 0. The molecule has 3 aromatic heterocycles. The van der Waals surface area contributed by atoms with E-state index in [2.05, 4.69) is 30.6 Å². The summed E-state index contributed by atoms with van der Waals surface area (Å²) in [5, 5.41) is 11.5. The first-order valence-corrected chi connectivity index (χ1v) is 9.42. The van der Waals surface area contributed by atoms with Crippen LogP contribution in [0.2, 0.25) is 0 Å². The van der Waals surface area contributed by atoms with E-state index in [0.29, 0.717) is 28.4 Å². The monoisotopic (exact) mass is 411 g/mol. The molecule has 2 aromatic carbocycles. The van der Waals surface area contributed by atoms with Crippen LogP contribution in [0.1, 0.15) is 10.4 Å². The van der Waals surface area contributed by atoms with Crippen LogP contribution in [0.3, 0.4) is 0 Å². The molecule has 0 atom stereocenters. The predicted octanol–water partition coefficient (Wildman–Crippen LogP) is 2.45. The van der Waals surface area contributed by atoms with E-state index in [-0.39, 0.29) is 0 Å². The lowest BCUT2D eigenvalue weighted by Crippen LogP contribution is -2.11. The molecule has 0 spiro atoms. The summed E-state index contributed by atoms with van der Waals surface area (Å²) in [6.07, 6.45) is 5.25. The number of aryl methyl sites for hydroxylation is 1. The average molecular weight is 411 g/mol. The third-order valence-electron chi connectivity index (χ3n) is 4.77. The van der Waals surface area contributed by atoms with Crippen molar-refractivity contribution in [1.82, 2.24) is 34.5 Å². The first-order chi connectivity index (χ1) is 15.1. The molecule has 0 saturated carbocycles. The van der Waals surface area contributed by atoms with Crippen molar-refractivity contribution in [3.8, 4) is 17.1 Å². The van der Waals surface area contributed by atoms with E-state index in [1.165, 1.54) is 0 Å². The van der Waals surface area contributed by atoms with Crippen molar-refractivity contribution >= 4 is 28.7 Å². The number of nitrogens with two attached hydrogens (primary N) is 1. The van der Waals surface area contributed by atoms with Crippen LogP contribution in [0, 0.1) is 0 Å². The van der Waals surface area contributed by atoms with E-state index in [1.807, 2.05) is 42.1 Å². The maximum Gasteiger partial charge on any atom is 0.248 e. The minimum Gasteiger partial charge on any atom is -0.366 e. The molecule has 0 unspecified atom stereocenters. The zero-order chi connectivity index (χ0) is 21.4. The van der Waals surface area contributed by atoms with Crippen molar-refractivity contribution in [2.24, 2.45) is 12.8 Å². The van der Waals surface area contributed by atoms with Gasteiger partial charge in [0.2, 0.25) is 11.9 Å². The van der Waals surface area contributed by atoms with Crippen LogP contribution in [0.5, 0.6) is 0 Å². The van der Waals surface area contributed by atoms with Gasteiger partial charge in [-0.25, -0.2) is 9.97 Å². The zero-order valence-corrected chi connectivity index (χ0v) is 16.5. The van der Waals surface area contributed by atoms with Gasteiger partial charge in [-0.1, -0.05) is 23.4 Å². The van der Waals surface area contributed by atoms with E-state index in [0.717, 1.165) is 17.1 Å². The smallest absolute Gasteiger partial charge is 0.248 e. The Balaban J connectivity index is 1.50. The van der Waals surface area contributed by atoms with Gasteiger partial charge in [-0.05, 0) is 30.3 Å². The van der Waals surface area contributed by atoms with E-state index in [9.17, 15) is 4.79 Å². The summed E-state index contributed by atoms with van der Waals surface area (Å²) < 4.78 is 3.49. The van der Waals surface area contributed by atoms with Gasteiger partial charge in [-0.15, -0.1) is 5.10 Å². The van der Waals surface area contributed by atoms with Crippen LogP contribution >= 0.6 is 0 Å². The van der Waals surface area contributed by atoms with Gasteiger partial charge in [0.25, 0.3) is 0 Å². The van der Waals surface area contributed by atoms with Crippen molar-refractivity contribution < 1.29 is 4.79 Å². The molecule has 0 fully saturated rings. The number of rotatable bonds is 5.